The minimum absolute atomic E-state index is 0.0679. The normalized spacial score (nSPS) is 16.4. The lowest BCUT2D eigenvalue weighted by atomic mass is 9.95. The van der Waals surface area contributed by atoms with Crippen molar-refractivity contribution in [3.05, 3.63) is 204 Å². The van der Waals surface area contributed by atoms with Gasteiger partial charge in [0, 0.05) is 25.6 Å². The first-order chi connectivity index (χ1) is 60.1. The van der Waals surface area contributed by atoms with E-state index < -0.39 is 107 Å². The Kier molecular flexibility index (Phi) is 42.8. The molecule has 0 radical (unpaired) electrons. The van der Waals surface area contributed by atoms with Crippen LogP contribution >= 0.6 is 0 Å². The van der Waals surface area contributed by atoms with Gasteiger partial charge >= 0.3 is 42.3 Å². The van der Waals surface area contributed by atoms with Crippen LogP contribution in [0.15, 0.2) is 176 Å². The number of esters is 2. The van der Waals surface area contributed by atoms with Gasteiger partial charge in [0.2, 0.25) is 23.6 Å². The molecule has 10 atom stereocenters. The number of fused-ring (bicyclic) bond motifs is 3. The standard InChI is InChI=1S/C47H60N4O8.C32H50N4O6.C21H31NO4/c1-31(2)28-34(49-46(56)59-47(3,4)5)25-24-33(29-32-16-8-7-9-17-32)43(53)51-27-15-23-41(51)42(52)50-40(44(54)57-6)22-14-26-48-45(55)58-30-39-37-20-12-10-18-35(37)36-19-11-13-21-38(36)39;1-22(2)20-25(34-31(40)42-32(3,4)5)17-16-24(21-23-12-8-7-9-13-23)29(38)36-19-11-15-27(36)28(37)35-26(14-10-18-33)30(39)41-6;1-15(2)13-18(22-20(25)26-21(3,4)5)12-11-17(19(23)24)14-16-9-7-6-8-10-16/h7-13,16-21,24-25,31,33-34,39-41H,14-15,22-23,26-30H2,1-6H3,(H,48,55)(H,49,56)(H,50,52);7-9,12-13,16-17,22,24-27H,10-11,14-15,18-21,33H2,1-6H3,(H,34,40)(H,35,37);6-12,15,17-18H,13-14H2,1-5H3,(H,22,25)(H,23,24)/b25-24+;17-16+;12-11+/t33-,34-,40+,41+;24-,25-,26+,27+;17-,18-/m111/s1. The smallest absolute Gasteiger partial charge is 0.408 e. The SMILES string of the molecule is CC(C)C[C@@H](/C=C/[C@H](Cc1ccccc1)C(=O)O)NC(=O)OC(C)(C)C.COC(=O)[C@H](CCCN)NC(=O)[C@@H]1CCCN1C(=O)[C@H](/C=C/[C@H](CC(C)C)NC(=O)OC(C)(C)C)Cc1ccccc1.COC(=O)[C@H](CCCNC(=O)OCC1c2ccccc2-c2ccccc21)NC(=O)[C@@H]1CCCN1C(=O)[C@H](/C=C/[C@H](CC(C)C)NC(=O)OC(C)(C)C)Cc1ccccc1. The van der Waals surface area contributed by atoms with Gasteiger partial charge in [-0.1, -0.05) is 218 Å². The lowest BCUT2D eigenvalue weighted by molar-refractivity contribution is -0.147. The summed E-state index contributed by atoms with van der Waals surface area (Å²) in [5.41, 5.74) is 11.1. The fourth-order valence-electron chi connectivity index (χ4n) is 15.4. The molecule has 0 saturated carbocycles. The number of nitrogens with one attached hydrogen (secondary N) is 6. The molecule has 0 spiro atoms. The summed E-state index contributed by atoms with van der Waals surface area (Å²) in [4.78, 5) is 146. The van der Waals surface area contributed by atoms with Crippen molar-refractivity contribution in [2.24, 2.45) is 41.2 Å². The number of alkyl carbamates (subject to hydrolysis) is 4. The van der Waals surface area contributed by atoms with Crippen LogP contribution in [0.5, 0.6) is 0 Å². The molecular formula is C100H141N9O18. The number of ether oxygens (including phenoxy) is 6. The van der Waals surface area contributed by atoms with Crippen LogP contribution in [-0.4, -0.2) is 187 Å². The van der Waals surface area contributed by atoms with Gasteiger partial charge in [-0.3, -0.25) is 24.0 Å². The topological polar surface area (TPSA) is 368 Å². The summed E-state index contributed by atoms with van der Waals surface area (Å²) < 4.78 is 31.8. The molecule has 27 nitrogen and oxygen atoms in total. The third-order valence-electron chi connectivity index (χ3n) is 21.1. The quantitative estimate of drug-likeness (QED) is 0.00784. The van der Waals surface area contributed by atoms with Gasteiger partial charge in [0.05, 0.1) is 50.1 Å². The molecule has 0 unspecified atom stereocenters. The Labute approximate surface area is 752 Å². The molecule has 694 valence electrons. The van der Waals surface area contributed by atoms with Crippen LogP contribution in [0, 0.1) is 35.5 Å². The number of nitrogens with two attached hydrogens (primary N) is 1. The van der Waals surface area contributed by atoms with Crippen molar-refractivity contribution in [2.75, 3.05) is 47.0 Å². The Hall–Kier alpha value is -11.4. The average Bonchev–Trinajstić information content (AvgIpc) is 1.61. The number of carbonyl (C=O) groups is 11. The summed E-state index contributed by atoms with van der Waals surface area (Å²) in [5, 5.41) is 26.6. The van der Waals surface area contributed by atoms with Gasteiger partial charge in [0.25, 0.3) is 0 Å². The largest absolute Gasteiger partial charge is 0.481 e. The molecule has 1 aliphatic carbocycles. The van der Waals surface area contributed by atoms with Gasteiger partial charge in [0.1, 0.15) is 47.6 Å². The summed E-state index contributed by atoms with van der Waals surface area (Å²) >= 11 is 0. The highest BCUT2D eigenvalue weighted by Gasteiger charge is 2.41. The first kappa shape index (κ1) is 104. The third-order valence-corrected chi connectivity index (χ3v) is 21.1. The van der Waals surface area contributed by atoms with E-state index in [1.165, 1.54) is 14.2 Å². The van der Waals surface area contributed by atoms with Crippen molar-refractivity contribution in [2.45, 2.75) is 259 Å². The van der Waals surface area contributed by atoms with Crippen LogP contribution in [0.4, 0.5) is 19.2 Å². The molecule has 2 aliphatic heterocycles. The van der Waals surface area contributed by atoms with E-state index in [0.717, 1.165) is 38.9 Å². The Balaban J connectivity index is 0.000000319. The molecule has 3 aliphatic rings. The average molecular weight is 1760 g/mol. The second kappa shape index (κ2) is 52.1. The van der Waals surface area contributed by atoms with E-state index in [2.05, 4.69) is 97.7 Å². The number of methoxy groups -OCH3 is 2. The summed E-state index contributed by atoms with van der Waals surface area (Å²) in [7, 11) is 2.53. The summed E-state index contributed by atoms with van der Waals surface area (Å²) in [5.74, 6) is -4.27. The molecule has 2 fully saturated rings. The highest BCUT2D eigenvalue weighted by molar-refractivity contribution is 5.94. The van der Waals surface area contributed by atoms with E-state index in [-0.39, 0.29) is 73.2 Å². The van der Waals surface area contributed by atoms with E-state index in [1.807, 2.05) is 160 Å². The molecule has 2 saturated heterocycles. The molecule has 5 aromatic carbocycles. The number of rotatable bonds is 39. The fourth-order valence-corrected chi connectivity index (χ4v) is 15.4. The van der Waals surface area contributed by atoms with E-state index >= 15 is 0 Å². The van der Waals surface area contributed by atoms with Gasteiger partial charge in [-0.05, 0) is 215 Å². The second-order valence-corrected chi connectivity index (χ2v) is 36.9. The van der Waals surface area contributed by atoms with Crippen molar-refractivity contribution in [1.29, 1.82) is 0 Å². The third kappa shape index (κ3) is 37.6. The van der Waals surface area contributed by atoms with Crippen LogP contribution in [0.2, 0.25) is 0 Å². The number of nitrogens with zero attached hydrogens (tertiary/aromatic N) is 2. The minimum Gasteiger partial charge on any atom is -0.481 e. The van der Waals surface area contributed by atoms with Crippen LogP contribution in [0.1, 0.15) is 208 Å². The Morgan fingerprint density at radius 1 is 0.441 bits per heavy atom. The Morgan fingerprint density at radius 2 is 0.772 bits per heavy atom. The molecule has 8 amide bonds. The number of carbonyl (C=O) groups excluding carboxylic acids is 10. The van der Waals surface area contributed by atoms with Gasteiger partial charge in [-0.15, -0.1) is 0 Å². The van der Waals surface area contributed by atoms with Crippen molar-refractivity contribution in [3.8, 4) is 11.1 Å². The number of amides is 8. The first-order valence-corrected chi connectivity index (χ1v) is 44.7. The van der Waals surface area contributed by atoms with E-state index in [0.29, 0.717) is 109 Å². The van der Waals surface area contributed by atoms with Gasteiger partial charge in [-0.2, -0.15) is 0 Å². The molecule has 9 N–H and O–H groups in total. The van der Waals surface area contributed by atoms with Crippen LogP contribution in [-0.2, 0) is 81.2 Å². The number of carboxylic acid groups (broad SMARTS) is 1. The van der Waals surface area contributed by atoms with E-state index in [4.69, 9.17) is 34.2 Å². The molecular weight excluding hydrogens is 1620 g/mol. The minimum atomic E-state index is -0.981. The van der Waals surface area contributed by atoms with Gasteiger partial charge in [-0.25, -0.2) is 28.8 Å². The molecule has 0 aromatic heterocycles. The fraction of sp³-hybridized carbons (Fsp3) is 0.530. The number of hydrogen-bond acceptors (Lipinski definition) is 18. The van der Waals surface area contributed by atoms with Gasteiger partial charge in [0.15, 0.2) is 0 Å². The zero-order chi connectivity index (χ0) is 93.6. The van der Waals surface area contributed by atoms with Gasteiger partial charge < -0.3 is 81.0 Å². The van der Waals surface area contributed by atoms with E-state index in [9.17, 15) is 57.8 Å². The molecule has 0 bridgehead atoms. The van der Waals surface area contributed by atoms with Crippen molar-refractivity contribution in [3.63, 3.8) is 0 Å². The summed E-state index contributed by atoms with van der Waals surface area (Å²) in [6.45, 7) is 30.2. The number of carboxylic acids is 1. The maximum Gasteiger partial charge on any atom is 0.408 e. The Bertz CT molecular complexity index is 4370. The number of likely N-dealkylation sites (tertiary alicyclic amines) is 2. The van der Waals surface area contributed by atoms with Crippen LogP contribution in [0.25, 0.3) is 11.1 Å². The molecule has 127 heavy (non-hydrogen) atoms. The van der Waals surface area contributed by atoms with Crippen molar-refractivity contribution < 1.29 is 86.3 Å². The summed E-state index contributed by atoms with van der Waals surface area (Å²) in [6.07, 6.45) is 15.6. The highest BCUT2D eigenvalue weighted by atomic mass is 16.6. The lowest BCUT2D eigenvalue weighted by Crippen LogP contribution is -2.52. The second-order valence-electron chi connectivity index (χ2n) is 36.9. The zero-order valence-electron chi connectivity index (χ0n) is 77.6. The Morgan fingerprint density at radius 3 is 1.10 bits per heavy atom. The monoisotopic (exact) mass is 1760 g/mol. The zero-order valence-corrected chi connectivity index (χ0v) is 77.6. The molecule has 2 heterocycles. The number of aliphatic carboxylic acids is 1. The number of benzene rings is 5. The first-order valence-electron chi connectivity index (χ1n) is 44.7. The van der Waals surface area contributed by atoms with Crippen molar-refractivity contribution >= 4 is 65.9 Å². The predicted octanol–water partition coefficient (Wildman–Crippen LogP) is 15.5. The molecule has 27 heteroatoms. The van der Waals surface area contributed by atoms with Crippen molar-refractivity contribution in [1.82, 2.24) is 41.7 Å². The maximum absolute atomic E-state index is 14.4. The summed E-state index contributed by atoms with van der Waals surface area (Å²) in [6, 6.07) is 40.8. The predicted molar refractivity (Wildman–Crippen MR) is 492 cm³/mol. The van der Waals surface area contributed by atoms with Crippen LogP contribution < -0.4 is 37.6 Å². The van der Waals surface area contributed by atoms with Crippen LogP contribution in [0.3, 0.4) is 0 Å². The van der Waals surface area contributed by atoms with E-state index in [1.54, 1.807) is 63.5 Å². The molecule has 8 rings (SSSR count). The maximum atomic E-state index is 14.4. The highest BCUT2D eigenvalue weighted by Crippen LogP contribution is 2.45. The molecule has 5 aromatic rings. The number of hydrogen-bond donors (Lipinski definition) is 8. The lowest BCUT2D eigenvalue weighted by Gasteiger charge is -2.29.